The van der Waals surface area contributed by atoms with E-state index in [1.54, 1.807) is 30.3 Å². The highest BCUT2D eigenvalue weighted by Crippen LogP contribution is 2.18. The van der Waals surface area contributed by atoms with Crippen molar-refractivity contribution in [2.45, 2.75) is 19.8 Å². The molecule has 0 aliphatic rings. The van der Waals surface area contributed by atoms with E-state index in [2.05, 4.69) is 5.32 Å². The summed E-state index contributed by atoms with van der Waals surface area (Å²) in [4.78, 5) is 24.0. The van der Waals surface area contributed by atoms with Gasteiger partial charge in [-0.05, 0) is 24.3 Å². The van der Waals surface area contributed by atoms with Crippen LogP contribution in [0.3, 0.4) is 0 Å². The summed E-state index contributed by atoms with van der Waals surface area (Å²) in [5.41, 5.74) is 8.27. The Morgan fingerprint density at radius 2 is 1.59 bits per heavy atom. The average Bonchev–Trinajstić information content (AvgIpc) is 2.55. The number of ketones is 2. The van der Waals surface area contributed by atoms with Crippen LogP contribution in [-0.4, -0.2) is 18.1 Å². The van der Waals surface area contributed by atoms with E-state index in [1.165, 1.54) is 0 Å². The summed E-state index contributed by atoms with van der Waals surface area (Å²) < 4.78 is 0. The SMILES string of the molecule is CCC(=O)c1ccccc1NCCC(=O)c1ccccc1N. The first-order valence-electron chi connectivity index (χ1n) is 7.37. The topological polar surface area (TPSA) is 72.2 Å². The third-order valence-corrected chi connectivity index (χ3v) is 3.48. The van der Waals surface area contributed by atoms with Crippen molar-refractivity contribution >= 4 is 22.9 Å². The van der Waals surface area contributed by atoms with Crippen LogP contribution in [0, 0.1) is 0 Å². The molecule has 2 aromatic carbocycles. The fourth-order valence-electron chi connectivity index (χ4n) is 2.27. The number of nitrogens with two attached hydrogens (primary N) is 1. The zero-order valence-corrected chi connectivity index (χ0v) is 12.6. The second-order valence-corrected chi connectivity index (χ2v) is 5.01. The number of benzene rings is 2. The van der Waals surface area contributed by atoms with Crippen LogP contribution in [0.15, 0.2) is 48.5 Å². The number of nitrogen functional groups attached to an aromatic ring is 1. The molecule has 0 saturated heterocycles. The largest absolute Gasteiger partial charge is 0.398 e. The van der Waals surface area contributed by atoms with E-state index in [0.717, 1.165) is 5.69 Å². The van der Waals surface area contributed by atoms with Crippen LogP contribution in [0.1, 0.15) is 40.5 Å². The number of carbonyl (C=O) groups excluding carboxylic acids is 2. The molecule has 4 heteroatoms. The maximum Gasteiger partial charge on any atom is 0.166 e. The van der Waals surface area contributed by atoms with E-state index in [4.69, 9.17) is 5.73 Å². The molecule has 0 heterocycles. The maximum atomic E-state index is 12.1. The Labute approximate surface area is 130 Å². The lowest BCUT2D eigenvalue weighted by Crippen LogP contribution is -2.12. The van der Waals surface area contributed by atoms with Gasteiger partial charge in [0.15, 0.2) is 11.6 Å². The van der Waals surface area contributed by atoms with Crippen molar-refractivity contribution in [3.63, 3.8) is 0 Å². The molecule has 22 heavy (non-hydrogen) atoms. The molecule has 114 valence electrons. The molecule has 0 aliphatic carbocycles. The summed E-state index contributed by atoms with van der Waals surface area (Å²) in [5, 5.41) is 3.17. The van der Waals surface area contributed by atoms with Gasteiger partial charge >= 0.3 is 0 Å². The minimum atomic E-state index is -0.00935. The number of nitrogens with one attached hydrogen (secondary N) is 1. The lowest BCUT2D eigenvalue weighted by atomic mass is 10.1. The summed E-state index contributed by atoms with van der Waals surface area (Å²) in [7, 11) is 0. The van der Waals surface area contributed by atoms with Crippen LogP contribution in [0.5, 0.6) is 0 Å². The normalized spacial score (nSPS) is 10.2. The van der Waals surface area contributed by atoms with Gasteiger partial charge in [0, 0.05) is 41.9 Å². The van der Waals surface area contributed by atoms with E-state index < -0.39 is 0 Å². The molecule has 2 aromatic rings. The Kier molecular flexibility index (Phi) is 5.31. The molecule has 0 fully saturated rings. The Morgan fingerprint density at radius 3 is 2.27 bits per heavy atom. The molecule has 4 nitrogen and oxygen atoms in total. The summed E-state index contributed by atoms with van der Waals surface area (Å²) >= 11 is 0. The van der Waals surface area contributed by atoms with Gasteiger partial charge in [-0.1, -0.05) is 31.2 Å². The number of hydrogen-bond donors (Lipinski definition) is 2. The van der Waals surface area contributed by atoms with Crippen molar-refractivity contribution in [1.82, 2.24) is 0 Å². The van der Waals surface area contributed by atoms with Gasteiger partial charge in [0.2, 0.25) is 0 Å². The van der Waals surface area contributed by atoms with Crippen LogP contribution >= 0.6 is 0 Å². The molecule has 0 aromatic heterocycles. The van der Waals surface area contributed by atoms with Crippen molar-refractivity contribution in [3.05, 3.63) is 59.7 Å². The van der Waals surface area contributed by atoms with Gasteiger partial charge in [-0.3, -0.25) is 9.59 Å². The Balaban J connectivity index is 1.99. The lowest BCUT2D eigenvalue weighted by Gasteiger charge is -2.11. The van der Waals surface area contributed by atoms with Gasteiger partial charge in [0.25, 0.3) is 0 Å². The molecule has 0 aliphatic heterocycles. The number of rotatable bonds is 7. The summed E-state index contributed by atoms with van der Waals surface area (Å²) in [6.45, 7) is 2.29. The highest BCUT2D eigenvalue weighted by Gasteiger charge is 2.11. The zero-order chi connectivity index (χ0) is 15.9. The van der Waals surface area contributed by atoms with Gasteiger partial charge < -0.3 is 11.1 Å². The van der Waals surface area contributed by atoms with Crippen molar-refractivity contribution in [3.8, 4) is 0 Å². The van der Waals surface area contributed by atoms with E-state index in [9.17, 15) is 9.59 Å². The van der Waals surface area contributed by atoms with Gasteiger partial charge in [-0.25, -0.2) is 0 Å². The minimum Gasteiger partial charge on any atom is -0.398 e. The molecule has 2 rings (SSSR count). The van der Waals surface area contributed by atoms with E-state index in [1.807, 2.05) is 25.1 Å². The molecular formula is C18H20N2O2. The third-order valence-electron chi connectivity index (χ3n) is 3.48. The molecule has 0 amide bonds. The molecule has 0 atom stereocenters. The van der Waals surface area contributed by atoms with E-state index >= 15 is 0 Å². The Hall–Kier alpha value is -2.62. The fourth-order valence-corrected chi connectivity index (χ4v) is 2.27. The lowest BCUT2D eigenvalue weighted by molar-refractivity contribution is 0.0982. The van der Waals surface area contributed by atoms with Crippen LogP contribution < -0.4 is 11.1 Å². The Bertz CT molecular complexity index is 680. The first-order valence-corrected chi connectivity index (χ1v) is 7.37. The van der Waals surface area contributed by atoms with E-state index in [-0.39, 0.29) is 11.6 Å². The van der Waals surface area contributed by atoms with Crippen LogP contribution in [-0.2, 0) is 0 Å². The van der Waals surface area contributed by atoms with Crippen molar-refractivity contribution in [2.75, 3.05) is 17.6 Å². The van der Waals surface area contributed by atoms with Gasteiger partial charge in [-0.2, -0.15) is 0 Å². The monoisotopic (exact) mass is 296 g/mol. The first kappa shape index (κ1) is 15.8. The summed E-state index contributed by atoms with van der Waals surface area (Å²) in [6.07, 6.45) is 0.779. The number of hydrogen-bond acceptors (Lipinski definition) is 4. The first-order chi connectivity index (χ1) is 10.6. The highest BCUT2D eigenvalue weighted by molar-refractivity contribution is 6.02. The standard InChI is InChI=1S/C18H20N2O2/c1-2-17(21)14-8-4-6-10-16(14)20-12-11-18(22)13-7-3-5-9-15(13)19/h3-10,20H,2,11-12,19H2,1H3. The minimum absolute atomic E-state index is 0.00935. The number of carbonyl (C=O) groups is 2. The predicted molar refractivity (Wildman–Crippen MR) is 89.4 cm³/mol. The van der Waals surface area contributed by atoms with Crippen LogP contribution in [0.2, 0.25) is 0 Å². The van der Waals surface area contributed by atoms with Crippen LogP contribution in [0.4, 0.5) is 11.4 Å². The number of Topliss-reactive ketones (excluding diaryl/α,β-unsaturated/α-hetero) is 2. The van der Waals surface area contributed by atoms with Gasteiger partial charge in [0.05, 0.1) is 0 Å². The quantitative estimate of drug-likeness (QED) is 0.605. The summed E-state index contributed by atoms with van der Waals surface area (Å²) in [5.74, 6) is 0.0756. The number of para-hydroxylation sites is 2. The van der Waals surface area contributed by atoms with Crippen LogP contribution in [0.25, 0.3) is 0 Å². The van der Waals surface area contributed by atoms with Crippen molar-refractivity contribution in [2.24, 2.45) is 0 Å². The van der Waals surface area contributed by atoms with Crippen molar-refractivity contribution < 1.29 is 9.59 Å². The van der Waals surface area contributed by atoms with Gasteiger partial charge in [-0.15, -0.1) is 0 Å². The Morgan fingerprint density at radius 1 is 0.955 bits per heavy atom. The van der Waals surface area contributed by atoms with E-state index in [0.29, 0.717) is 36.2 Å². The second kappa shape index (κ2) is 7.41. The highest BCUT2D eigenvalue weighted by atomic mass is 16.1. The predicted octanol–water partition coefficient (Wildman–Crippen LogP) is 3.55. The second-order valence-electron chi connectivity index (χ2n) is 5.01. The van der Waals surface area contributed by atoms with Gasteiger partial charge in [0.1, 0.15) is 0 Å². The number of anilines is 2. The molecule has 0 spiro atoms. The zero-order valence-electron chi connectivity index (χ0n) is 12.6. The molecular weight excluding hydrogens is 276 g/mol. The third kappa shape index (κ3) is 3.73. The molecule has 0 unspecified atom stereocenters. The average molecular weight is 296 g/mol. The molecule has 3 N–H and O–H groups in total. The molecule has 0 radical (unpaired) electrons. The molecule has 0 bridgehead atoms. The summed E-state index contributed by atoms with van der Waals surface area (Å²) in [6, 6.07) is 14.4. The van der Waals surface area contributed by atoms with Crippen molar-refractivity contribution in [1.29, 1.82) is 0 Å². The smallest absolute Gasteiger partial charge is 0.166 e. The molecule has 0 saturated carbocycles. The fraction of sp³-hybridized carbons (Fsp3) is 0.222. The maximum absolute atomic E-state index is 12.1.